The molecular formula is C9H13FN2O3S. The number of pyridine rings is 1. The topological polar surface area (TPSA) is 68.3 Å². The lowest BCUT2D eigenvalue weighted by atomic mass is 10.5. The van der Waals surface area contributed by atoms with Gasteiger partial charge >= 0.3 is 0 Å². The number of halogens is 1. The second-order valence-electron chi connectivity index (χ2n) is 2.89. The van der Waals surface area contributed by atoms with Crippen molar-refractivity contribution in [1.82, 2.24) is 9.71 Å². The number of rotatable bonds is 6. The summed E-state index contributed by atoms with van der Waals surface area (Å²) in [5, 5.41) is -0.591. The predicted molar refractivity (Wildman–Crippen MR) is 55.9 cm³/mol. The SMILES string of the molecule is CCOCCNS(=O)(=O)c1ncccc1F. The molecule has 16 heavy (non-hydrogen) atoms. The molecule has 0 spiro atoms. The van der Waals surface area contributed by atoms with Crippen molar-refractivity contribution >= 4 is 10.0 Å². The fourth-order valence-corrected chi connectivity index (χ4v) is 2.04. The van der Waals surface area contributed by atoms with Crippen LogP contribution in [-0.4, -0.2) is 33.2 Å². The summed E-state index contributed by atoms with van der Waals surface area (Å²) in [5.41, 5.74) is 0. The average molecular weight is 248 g/mol. The van der Waals surface area contributed by atoms with E-state index in [0.717, 1.165) is 6.07 Å². The molecule has 0 saturated heterocycles. The summed E-state index contributed by atoms with van der Waals surface area (Å²) in [6, 6.07) is 2.37. The molecule has 0 aliphatic carbocycles. The van der Waals surface area contributed by atoms with Crippen molar-refractivity contribution in [2.75, 3.05) is 19.8 Å². The van der Waals surface area contributed by atoms with Gasteiger partial charge in [-0.15, -0.1) is 0 Å². The Morgan fingerprint density at radius 1 is 1.56 bits per heavy atom. The molecule has 1 aromatic rings. The highest BCUT2D eigenvalue weighted by molar-refractivity contribution is 7.89. The molecule has 1 heterocycles. The van der Waals surface area contributed by atoms with E-state index in [1.807, 2.05) is 0 Å². The van der Waals surface area contributed by atoms with Crippen LogP contribution < -0.4 is 4.72 Å². The smallest absolute Gasteiger partial charge is 0.261 e. The highest BCUT2D eigenvalue weighted by Crippen LogP contribution is 2.08. The third-order valence-corrected chi connectivity index (χ3v) is 3.12. The maximum atomic E-state index is 13.1. The van der Waals surface area contributed by atoms with Crippen molar-refractivity contribution in [3.8, 4) is 0 Å². The summed E-state index contributed by atoms with van der Waals surface area (Å²) >= 11 is 0. The summed E-state index contributed by atoms with van der Waals surface area (Å²) in [6.07, 6.45) is 1.22. The van der Waals surface area contributed by atoms with Gasteiger partial charge in [-0.1, -0.05) is 0 Å². The van der Waals surface area contributed by atoms with Crippen LogP contribution in [-0.2, 0) is 14.8 Å². The quantitative estimate of drug-likeness (QED) is 0.746. The summed E-state index contributed by atoms with van der Waals surface area (Å²) in [7, 11) is -3.89. The number of ether oxygens (including phenoxy) is 1. The largest absolute Gasteiger partial charge is 0.380 e. The van der Waals surface area contributed by atoms with Gasteiger partial charge in [0.25, 0.3) is 10.0 Å². The van der Waals surface area contributed by atoms with Crippen LogP contribution in [0.3, 0.4) is 0 Å². The molecule has 0 amide bonds. The van der Waals surface area contributed by atoms with E-state index in [1.54, 1.807) is 6.92 Å². The van der Waals surface area contributed by atoms with Crippen molar-refractivity contribution in [1.29, 1.82) is 0 Å². The highest BCUT2D eigenvalue weighted by Gasteiger charge is 2.19. The van der Waals surface area contributed by atoms with Gasteiger partial charge in [0.15, 0.2) is 5.82 Å². The van der Waals surface area contributed by atoms with Gasteiger partial charge < -0.3 is 4.74 Å². The zero-order valence-corrected chi connectivity index (χ0v) is 9.63. The Morgan fingerprint density at radius 3 is 2.94 bits per heavy atom. The van der Waals surface area contributed by atoms with Crippen LogP contribution in [0, 0.1) is 5.82 Å². The Bertz CT molecular complexity index is 436. The first-order valence-corrected chi connectivity index (χ1v) is 6.24. The van der Waals surface area contributed by atoms with Crippen LogP contribution in [0.15, 0.2) is 23.4 Å². The van der Waals surface area contributed by atoms with Crippen molar-refractivity contribution in [3.05, 3.63) is 24.1 Å². The molecule has 0 fully saturated rings. The molecule has 0 aromatic carbocycles. The van der Waals surface area contributed by atoms with Gasteiger partial charge in [-0.3, -0.25) is 0 Å². The molecule has 1 N–H and O–H groups in total. The van der Waals surface area contributed by atoms with E-state index in [4.69, 9.17) is 4.74 Å². The van der Waals surface area contributed by atoms with Crippen LogP contribution in [0.25, 0.3) is 0 Å². The number of hydrogen-bond donors (Lipinski definition) is 1. The summed E-state index contributed by atoms with van der Waals surface area (Å²) in [6.45, 7) is 2.63. The first-order valence-electron chi connectivity index (χ1n) is 4.76. The minimum absolute atomic E-state index is 0.0895. The molecule has 0 radical (unpaired) electrons. The van der Waals surface area contributed by atoms with E-state index in [0.29, 0.717) is 6.61 Å². The first-order chi connectivity index (χ1) is 7.58. The number of hydrogen-bond acceptors (Lipinski definition) is 4. The van der Waals surface area contributed by atoms with E-state index >= 15 is 0 Å². The summed E-state index contributed by atoms with van der Waals surface area (Å²) in [5.74, 6) is -0.869. The molecule has 0 aliphatic rings. The molecule has 5 nitrogen and oxygen atoms in total. The van der Waals surface area contributed by atoms with E-state index in [2.05, 4.69) is 9.71 Å². The maximum absolute atomic E-state index is 13.1. The molecule has 1 rings (SSSR count). The number of aromatic nitrogens is 1. The maximum Gasteiger partial charge on any atom is 0.261 e. The third kappa shape index (κ3) is 3.51. The normalized spacial score (nSPS) is 11.6. The van der Waals surface area contributed by atoms with E-state index in [-0.39, 0.29) is 13.2 Å². The molecule has 7 heteroatoms. The standard InChI is InChI=1S/C9H13FN2O3S/c1-2-15-7-6-12-16(13,14)9-8(10)4-3-5-11-9/h3-5,12H,2,6-7H2,1H3. The predicted octanol–water partition coefficient (Wildman–Crippen LogP) is 0.536. The third-order valence-electron chi connectivity index (χ3n) is 1.72. The lowest BCUT2D eigenvalue weighted by molar-refractivity contribution is 0.153. The molecule has 0 aliphatic heterocycles. The van der Waals surface area contributed by atoms with Gasteiger partial charge in [0.05, 0.1) is 6.61 Å². The molecule has 0 bridgehead atoms. The second kappa shape index (κ2) is 5.88. The number of nitrogens with one attached hydrogen (secondary N) is 1. The van der Waals surface area contributed by atoms with Crippen LogP contribution in [0.2, 0.25) is 0 Å². The van der Waals surface area contributed by atoms with Crippen molar-refractivity contribution in [3.63, 3.8) is 0 Å². The van der Waals surface area contributed by atoms with Crippen molar-refractivity contribution in [2.24, 2.45) is 0 Å². The van der Waals surface area contributed by atoms with Gasteiger partial charge in [0.1, 0.15) is 0 Å². The Balaban J connectivity index is 2.68. The minimum atomic E-state index is -3.89. The van der Waals surface area contributed by atoms with E-state index in [1.165, 1.54) is 12.3 Å². The Hall–Kier alpha value is -1.05. The van der Waals surface area contributed by atoms with Crippen LogP contribution >= 0.6 is 0 Å². The van der Waals surface area contributed by atoms with E-state index < -0.39 is 20.9 Å². The molecule has 0 saturated carbocycles. The van der Waals surface area contributed by atoms with Crippen LogP contribution in [0.5, 0.6) is 0 Å². The Labute approximate surface area is 93.7 Å². The van der Waals surface area contributed by atoms with Gasteiger partial charge in [-0.25, -0.2) is 22.5 Å². The van der Waals surface area contributed by atoms with Crippen molar-refractivity contribution in [2.45, 2.75) is 11.9 Å². The van der Waals surface area contributed by atoms with Crippen LogP contribution in [0.1, 0.15) is 6.92 Å². The lowest BCUT2D eigenvalue weighted by Crippen LogP contribution is -2.28. The fourth-order valence-electron chi connectivity index (χ4n) is 1.03. The zero-order chi connectivity index (χ0) is 12.0. The number of sulfonamides is 1. The van der Waals surface area contributed by atoms with Crippen molar-refractivity contribution < 1.29 is 17.5 Å². The number of nitrogens with zero attached hydrogens (tertiary/aromatic N) is 1. The minimum Gasteiger partial charge on any atom is -0.380 e. The van der Waals surface area contributed by atoms with Gasteiger partial charge in [0.2, 0.25) is 5.03 Å². The first kappa shape index (κ1) is 13.0. The van der Waals surface area contributed by atoms with E-state index in [9.17, 15) is 12.8 Å². The molecule has 90 valence electrons. The molecule has 0 atom stereocenters. The van der Waals surface area contributed by atoms with Gasteiger partial charge in [0, 0.05) is 19.3 Å². The van der Waals surface area contributed by atoms with Gasteiger partial charge in [-0.05, 0) is 19.1 Å². The average Bonchev–Trinajstić information content (AvgIpc) is 2.25. The summed E-state index contributed by atoms with van der Waals surface area (Å²) < 4.78 is 43.4. The highest BCUT2D eigenvalue weighted by atomic mass is 32.2. The second-order valence-corrected chi connectivity index (χ2v) is 4.57. The fraction of sp³-hybridized carbons (Fsp3) is 0.444. The zero-order valence-electron chi connectivity index (χ0n) is 8.81. The van der Waals surface area contributed by atoms with Gasteiger partial charge in [-0.2, -0.15) is 0 Å². The summed E-state index contributed by atoms with van der Waals surface area (Å²) in [4.78, 5) is 3.48. The molecular weight excluding hydrogens is 235 g/mol. The molecule has 0 unspecified atom stereocenters. The molecule has 1 aromatic heterocycles. The monoisotopic (exact) mass is 248 g/mol. The van der Waals surface area contributed by atoms with Crippen LogP contribution in [0.4, 0.5) is 4.39 Å². The lowest BCUT2D eigenvalue weighted by Gasteiger charge is -2.06. The Kier molecular flexibility index (Phi) is 4.78. The Morgan fingerprint density at radius 2 is 2.31 bits per heavy atom.